The second-order valence-electron chi connectivity index (χ2n) is 10.2. The molecule has 0 radical (unpaired) electrons. The molecule has 11 nitrogen and oxygen atoms in total. The van der Waals surface area contributed by atoms with E-state index in [1.807, 2.05) is 13.0 Å². The Hall–Kier alpha value is -5.62. The number of carbonyl (C=O) groups excluding carboxylic acids is 3. The highest BCUT2D eigenvalue weighted by molar-refractivity contribution is 8.00. The summed E-state index contributed by atoms with van der Waals surface area (Å²) < 4.78 is 10.8. The van der Waals surface area contributed by atoms with Crippen molar-refractivity contribution in [3.05, 3.63) is 123 Å². The van der Waals surface area contributed by atoms with Gasteiger partial charge in [0, 0.05) is 45.6 Å². The lowest BCUT2D eigenvalue weighted by Gasteiger charge is -2.17. The van der Waals surface area contributed by atoms with Crippen molar-refractivity contribution in [2.75, 3.05) is 24.9 Å². The standard InChI is InChI=1S/C35H34N4O7S/c1-5-32(35(42)37-29-17-15-26(39(43)44)18-22(29)2)47-28-13-9-12-25(20-28)36-34(41)30(38-33(40)23-10-7-6-8-11-23)19-24-14-16-27(45-3)21-31(24)46-4/h6-21,32H,5H2,1-4H3,(H,36,41)(H,37,42)(H,38,40)/b30-19+. The van der Waals surface area contributed by atoms with Crippen LogP contribution in [0.4, 0.5) is 17.1 Å². The average molecular weight is 655 g/mol. The number of nitro benzene ring substituents is 1. The third-order valence-corrected chi connectivity index (χ3v) is 8.34. The average Bonchev–Trinajstić information content (AvgIpc) is 3.08. The Morgan fingerprint density at radius 2 is 1.68 bits per heavy atom. The van der Waals surface area contributed by atoms with Crippen molar-refractivity contribution in [3.8, 4) is 11.5 Å². The number of ether oxygens (including phenoxy) is 2. The van der Waals surface area contributed by atoms with Gasteiger partial charge in [0.2, 0.25) is 5.91 Å². The number of methoxy groups -OCH3 is 2. The molecule has 0 bridgehead atoms. The van der Waals surface area contributed by atoms with Crippen molar-refractivity contribution in [2.24, 2.45) is 0 Å². The van der Waals surface area contributed by atoms with Crippen molar-refractivity contribution >= 4 is 52.6 Å². The summed E-state index contributed by atoms with van der Waals surface area (Å²) in [6.07, 6.45) is 2.02. The van der Waals surface area contributed by atoms with Gasteiger partial charge in [0.05, 0.1) is 24.4 Å². The molecule has 47 heavy (non-hydrogen) atoms. The van der Waals surface area contributed by atoms with E-state index in [2.05, 4.69) is 16.0 Å². The number of benzene rings is 4. The Bertz CT molecular complexity index is 1810. The third-order valence-electron chi connectivity index (χ3n) is 6.98. The maximum Gasteiger partial charge on any atom is 0.272 e. The van der Waals surface area contributed by atoms with E-state index in [-0.39, 0.29) is 17.3 Å². The first-order valence-electron chi connectivity index (χ1n) is 14.6. The molecule has 0 spiro atoms. The smallest absolute Gasteiger partial charge is 0.272 e. The fourth-order valence-corrected chi connectivity index (χ4v) is 5.50. The number of hydrogen-bond acceptors (Lipinski definition) is 8. The summed E-state index contributed by atoms with van der Waals surface area (Å²) in [5, 5.41) is 19.0. The molecule has 0 saturated heterocycles. The number of amides is 3. The number of aryl methyl sites for hydroxylation is 1. The minimum absolute atomic E-state index is 0.0235. The van der Waals surface area contributed by atoms with Gasteiger partial charge in [-0.2, -0.15) is 0 Å². The first kappa shape index (κ1) is 34.3. The minimum Gasteiger partial charge on any atom is -0.497 e. The van der Waals surface area contributed by atoms with Gasteiger partial charge in [0.25, 0.3) is 17.5 Å². The van der Waals surface area contributed by atoms with Crippen molar-refractivity contribution in [2.45, 2.75) is 30.4 Å². The number of nitro groups is 1. The van der Waals surface area contributed by atoms with E-state index in [4.69, 9.17) is 9.47 Å². The second-order valence-corrected chi connectivity index (χ2v) is 11.5. The quantitative estimate of drug-likeness (QED) is 0.0614. The van der Waals surface area contributed by atoms with Crippen LogP contribution in [0.15, 0.2) is 102 Å². The van der Waals surface area contributed by atoms with E-state index < -0.39 is 22.0 Å². The van der Waals surface area contributed by atoms with Gasteiger partial charge < -0.3 is 25.4 Å². The van der Waals surface area contributed by atoms with Crippen LogP contribution in [0.1, 0.15) is 34.8 Å². The highest BCUT2D eigenvalue weighted by Gasteiger charge is 2.21. The molecule has 3 N–H and O–H groups in total. The predicted molar refractivity (Wildman–Crippen MR) is 183 cm³/mol. The molecule has 242 valence electrons. The number of thioether (sulfide) groups is 1. The van der Waals surface area contributed by atoms with Crippen molar-refractivity contribution < 1.29 is 28.8 Å². The topological polar surface area (TPSA) is 149 Å². The normalized spacial score (nSPS) is 11.6. The third kappa shape index (κ3) is 9.21. The van der Waals surface area contributed by atoms with Crippen LogP contribution in [-0.4, -0.2) is 42.1 Å². The van der Waals surface area contributed by atoms with Gasteiger partial charge >= 0.3 is 0 Å². The van der Waals surface area contributed by atoms with E-state index in [0.29, 0.717) is 46.0 Å². The lowest BCUT2D eigenvalue weighted by atomic mass is 10.1. The van der Waals surface area contributed by atoms with E-state index >= 15 is 0 Å². The zero-order valence-electron chi connectivity index (χ0n) is 26.2. The van der Waals surface area contributed by atoms with E-state index in [1.54, 1.807) is 73.7 Å². The summed E-state index contributed by atoms with van der Waals surface area (Å²) in [6.45, 7) is 3.57. The molecule has 0 aliphatic carbocycles. The number of anilines is 2. The Labute approximate surface area is 276 Å². The molecule has 1 atom stereocenters. The zero-order chi connectivity index (χ0) is 33.9. The van der Waals surface area contributed by atoms with Crippen LogP contribution < -0.4 is 25.4 Å². The molecule has 0 fully saturated rings. The van der Waals surface area contributed by atoms with Crippen LogP contribution in [-0.2, 0) is 9.59 Å². The van der Waals surface area contributed by atoms with E-state index in [9.17, 15) is 24.5 Å². The highest BCUT2D eigenvalue weighted by Crippen LogP contribution is 2.30. The molecule has 3 amide bonds. The molecular weight excluding hydrogens is 620 g/mol. The molecule has 0 aliphatic rings. The van der Waals surface area contributed by atoms with Crippen molar-refractivity contribution in [1.82, 2.24) is 5.32 Å². The number of nitrogens with zero attached hydrogens (tertiary/aromatic N) is 1. The van der Waals surface area contributed by atoms with Crippen LogP contribution in [0.25, 0.3) is 6.08 Å². The Morgan fingerprint density at radius 3 is 2.34 bits per heavy atom. The zero-order valence-corrected chi connectivity index (χ0v) is 27.1. The number of carbonyl (C=O) groups is 3. The van der Waals surface area contributed by atoms with Crippen LogP contribution in [0.2, 0.25) is 0 Å². The van der Waals surface area contributed by atoms with Gasteiger partial charge in [-0.15, -0.1) is 11.8 Å². The SMILES string of the molecule is CCC(Sc1cccc(NC(=O)/C(=C\c2ccc(OC)cc2OC)NC(=O)c2ccccc2)c1)C(=O)Nc1ccc([N+](=O)[O-])cc1C. The molecule has 4 aromatic carbocycles. The largest absolute Gasteiger partial charge is 0.497 e. The lowest BCUT2D eigenvalue weighted by molar-refractivity contribution is -0.384. The summed E-state index contributed by atoms with van der Waals surface area (Å²) in [6, 6.07) is 24.9. The van der Waals surface area contributed by atoms with Crippen LogP contribution in [0.5, 0.6) is 11.5 Å². The van der Waals surface area contributed by atoms with Gasteiger partial charge in [-0.05, 0) is 73.5 Å². The molecule has 0 aliphatic heterocycles. The maximum absolute atomic E-state index is 13.6. The molecule has 0 heterocycles. The Balaban J connectivity index is 1.54. The molecule has 0 aromatic heterocycles. The predicted octanol–water partition coefficient (Wildman–Crippen LogP) is 6.84. The maximum atomic E-state index is 13.6. The van der Waals surface area contributed by atoms with Gasteiger partial charge in [-0.3, -0.25) is 24.5 Å². The number of hydrogen-bond donors (Lipinski definition) is 3. The van der Waals surface area contributed by atoms with Gasteiger partial charge in [-0.25, -0.2) is 0 Å². The van der Waals surface area contributed by atoms with Crippen LogP contribution in [0.3, 0.4) is 0 Å². The molecule has 1 unspecified atom stereocenters. The minimum atomic E-state index is -0.576. The molecular formula is C35H34N4O7S. The number of non-ortho nitro benzene ring substituents is 1. The first-order valence-corrected chi connectivity index (χ1v) is 15.4. The molecule has 12 heteroatoms. The molecule has 4 rings (SSSR count). The summed E-state index contributed by atoms with van der Waals surface area (Å²) in [5.74, 6) is -0.299. The van der Waals surface area contributed by atoms with Crippen LogP contribution >= 0.6 is 11.8 Å². The van der Waals surface area contributed by atoms with Gasteiger partial charge in [0.15, 0.2) is 0 Å². The van der Waals surface area contributed by atoms with E-state index in [1.165, 1.54) is 50.3 Å². The fraction of sp³-hybridized carbons (Fsp3) is 0.171. The van der Waals surface area contributed by atoms with Gasteiger partial charge in [0.1, 0.15) is 17.2 Å². The van der Waals surface area contributed by atoms with Crippen LogP contribution in [0, 0.1) is 17.0 Å². The van der Waals surface area contributed by atoms with E-state index in [0.717, 1.165) is 4.90 Å². The lowest BCUT2D eigenvalue weighted by Crippen LogP contribution is -2.30. The first-order chi connectivity index (χ1) is 22.6. The summed E-state index contributed by atoms with van der Waals surface area (Å²) in [7, 11) is 3.03. The Morgan fingerprint density at radius 1 is 0.915 bits per heavy atom. The van der Waals surface area contributed by atoms with Crippen molar-refractivity contribution in [1.29, 1.82) is 0 Å². The van der Waals surface area contributed by atoms with Crippen molar-refractivity contribution in [3.63, 3.8) is 0 Å². The van der Waals surface area contributed by atoms with Gasteiger partial charge in [-0.1, -0.05) is 31.2 Å². The number of nitrogens with one attached hydrogen (secondary N) is 3. The summed E-state index contributed by atoms with van der Waals surface area (Å²) in [4.78, 5) is 51.2. The summed E-state index contributed by atoms with van der Waals surface area (Å²) in [5.41, 5.74) is 2.35. The highest BCUT2D eigenvalue weighted by atomic mass is 32.2. The monoisotopic (exact) mass is 654 g/mol. The summed E-state index contributed by atoms with van der Waals surface area (Å²) >= 11 is 1.31. The Kier molecular flexibility index (Phi) is 11.7. The molecule has 4 aromatic rings. The fourth-order valence-electron chi connectivity index (χ4n) is 4.48. The second kappa shape index (κ2) is 16.1. The molecule has 0 saturated carbocycles. The number of rotatable bonds is 13.